The van der Waals surface area contributed by atoms with Crippen LogP contribution in [0.3, 0.4) is 0 Å². The van der Waals surface area contributed by atoms with Crippen LogP contribution in [0.2, 0.25) is 0 Å². The predicted molar refractivity (Wildman–Crippen MR) is 79.4 cm³/mol. The molecule has 1 aromatic carbocycles. The molecule has 0 bridgehead atoms. The normalized spacial score (nSPS) is 10.0. The lowest BCUT2D eigenvalue weighted by molar-refractivity contribution is 0.0697. The minimum absolute atomic E-state index is 0.000734. The maximum absolute atomic E-state index is 11.9. The highest BCUT2D eigenvalue weighted by Crippen LogP contribution is 2.25. The SMILES string of the molecule is COc1cccc(NC(=O)Nc2snc(C)c2C(=O)O)c1. The van der Waals surface area contributed by atoms with E-state index in [2.05, 4.69) is 15.0 Å². The number of aromatic carboxylic acids is 1. The topological polar surface area (TPSA) is 101 Å². The van der Waals surface area contributed by atoms with Crippen LogP contribution in [0.5, 0.6) is 5.75 Å². The number of anilines is 2. The van der Waals surface area contributed by atoms with E-state index in [-0.39, 0.29) is 10.6 Å². The zero-order chi connectivity index (χ0) is 15.4. The highest BCUT2D eigenvalue weighted by Gasteiger charge is 2.19. The summed E-state index contributed by atoms with van der Waals surface area (Å²) in [5, 5.41) is 14.4. The molecule has 1 heterocycles. The number of hydrogen-bond acceptors (Lipinski definition) is 5. The van der Waals surface area contributed by atoms with E-state index in [1.54, 1.807) is 31.2 Å². The lowest BCUT2D eigenvalue weighted by Gasteiger charge is -2.08. The van der Waals surface area contributed by atoms with Crippen molar-refractivity contribution < 1.29 is 19.4 Å². The number of carbonyl (C=O) groups is 2. The molecule has 7 nitrogen and oxygen atoms in total. The molecule has 2 aromatic rings. The van der Waals surface area contributed by atoms with E-state index in [0.717, 1.165) is 11.5 Å². The van der Waals surface area contributed by atoms with Crippen molar-refractivity contribution in [3.05, 3.63) is 35.5 Å². The van der Waals surface area contributed by atoms with Gasteiger partial charge in [-0.1, -0.05) is 6.07 Å². The summed E-state index contributed by atoms with van der Waals surface area (Å²) in [6, 6.07) is 6.27. The number of urea groups is 1. The number of ether oxygens (including phenoxy) is 1. The Balaban J connectivity index is 2.10. The van der Waals surface area contributed by atoms with Gasteiger partial charge in [-0.25, -0.2) is 9.59 Å². The second kappa shape index (κ2) is 6.23. The number of rotatable bonds is 4. The molecule has 0 unspecified atom stereocenters. The maximum Gasteiger partial charge on any atom is 0.340 e. The zero-order valence-electron chi connectivity index (χ0n) is 11.3. The molecule has 0 saturated carbocycles. The van der Waals surface area contributed by atoms with Crippen molar-refractivity contribution in [2.24, 2.45) is 0 Å². The third-order valence-corrected chi connectivity index (χ3v) is 3.49. The van der Waals surface area contributed by atoms with Gasteiger partial charge in [-0.3, -0.25) is 5.32 Å². The number of methoxy groups -OCH3 is 1. The number of carboxylic acid groups (broad SMARTS) is 1. The van der Waals surface area contributed by atoms with Gasteiger partial charge in [-0.05, 0) is 30.6 Å². The number of carboxylic acids is 1. The Bertz CT molecular complexity index is 684. The molecule has 3 N–H and O–H groups in total. The van der Waals surface area contributed by atoms with Gasteiger partial charge in [0.2, 0.25) is 0 Å². The Morgan fingerprint density at radius 2 is 2.10 bits per heavy atom. The van der Waals surface area contributed by atoms with Crippen LogP contribution < -0.4 is 15.4 Å². The summed E-state index contributed by atoms with van der Waals surface area (Å²) < 4.78 is 8.97. The lowest BCUT2D eigenvalue weighted by Crippen LogP contribution is -2.20. The summed E-state index contributed by atoms with van der Waals surface area (Å²) in [5.74, 6) is -0.523. The van der Waals surface area contributed by atoms with E-state index in [0.29, 0.717) is 17.1 Å². The molecule has 0 aliphatic heterocycles. The highest BCUT2D eigenvalue weighted by molar-refractivity contribution is 7.11. The molecule has 2 rings (SSSR count). The maximum atomic E-state index is 11.9. The molecule has 21 heavy (non-hydrogen) atoms. The minimum atomic E-state index is -1.13. The van der Waals surface area contributed by atoms with Crippen LogP contribution in [-0.4, -0.2) is 28.6 Å². The third-order valence-electron chi connectivity index (χ3n) is 2.63. The molecule has 0 aliphatic rings. The molecule has 110 valence electrons. The Kier molecular flexibility index (Phi) is 4.39. The number of carbonyl (C=O) groups excluding carboxylic acids is 1. The van der Waals surface area contributed by atoms with Crippen LogP contribution in [0.1, 0.15) is 16.1 Å². The molecule has 0 aliphatic carbocycles. The van der Waals surface area contributed by atoms with E-state index in [9.17, 15) is 9.59 Å². The molecular weight excluding hydrogens is 294 g/mol. The van der Waals surface area contributed by atoms with Crippen LogP contribution in [0.25, 0.3) is 0 Å². The van der Waals surface area contributed by atoms with Crippen molar-refractivity contribution in [1.82, 2.24) is 4.37 Å². The van der Waals surface area contributed by atoms with Crippen molar-refractivity contribution in [3.63, 3.8) is 0 Å². The fourth-order valence-electron chi connectivity index (χ4n) is 1.67. The largest absolute Gasteiger partial charge is 0.497 e. The average molecular weight is 307 g/mol. The summed E-state index contributed by atoms with van der Waals surface area (Å²) in [5.41, 5.74) is 0.898. The van der Waals surface area contributed by atoms with Crippen molar-refractivity contribution in [2.75, 3.05) is 17.7 Å². The summed E-state index contributed by atoms with van der Waals surface area (Å²) >= 11 is 0.924. The number of nitrogens with one attached hydrogen (secondary N) is 2. The molecule has 0 fully saturated rings. The summed E-state index contributed by atoms with van der Waals surface area (Å²) in [7, 11) is 1.53. The van der Waals surface area contributed by atoms with Crippen molar-refractivity contribution in [3.8, 4) is 5.75 Å². The molecule has 0 saturated heterocycles. The van der Waals surface area contributed by atoms with Gasteiger partial charge < -0.3 is 15.2 Å². The van der Waals surface area contributed by atoms with Gasteiger partial charge in [-0.2, -0.15) is 4.37 Å². The predicted octanol–water partition coefficient (Wildman–Crippen LogP) is 2.80. The minimum Gasteiger partial charge on any atom is -0.497 e. The first kappa shape index (κ1) is 14.8. The fourth-order valence-corrected chi connectivity index (χ4v) is 2.46. The molecule has 8 heteroatoms. The smallest absolute Gasteiger partial charge is 0.340 e. The lowest BCUT2D eigenvalue weighted by atomic mass is 10.2. The number of aryl methyl sites for hydroxylation is 1. The molecule has 2 amide bonds. The zero-order valence-corrected chi connectivity index (χ0v) is 12.2. The molecule has 0 spiro atoms. The Morgan fingerprint density at radius 3 is 2.76 bits per heavy atom. The number of benzene rings is 1. The van der Waals surface area contributed by atoms with E-state index in [1.807, 2.05) is 0 Å². The Hall–Kier alpha value is -2.61. The molecule has 1 aromatic heterocycles. The van der Waals surface area contributed by atoms with Crippen molar-refractivity contribution in [2.45, 2.75) is 6.92 Å². The summed E-state index contributed by atoms with van der Waals surface area (Å²) in [6.07, 6.45) is 0. The summed E-state index contributed by atoms with van der Waals surface area (Å²) in [6.45, 7) is 1.57. The first-order valence-electron chi connectivity index (χ1n) is 5.93. The molecule has 0 radical (unpaired) electrons. The van der Waals surface area contributed by atoms with Crippen molar-refractivity contribution >= 4 is 34.2 Å². The van der Waals surface area contributed by atoms with E-state index in [1.165, 1.54) is 7.11 Å². The van der Waals surface area contributed by atoms with Crippen molar-refractivity contribution in [1.29, 1.82) is 0 Å². The quantitative estimate of drug-likeness (QED) is 0.806. The monoisotopic (exact) mass is 307 g/mol. The van der Waals surface area contributed by atoms with Gasteiger partial charge in [0.25, 0.3) is 0 Å². The van der Waals surface area contributed by atoms with E-state index < -0.39 is 12.0 Å². The van der Waals surface area contributed by atoms with Crippen LogP contribution in [-0.2, 0) is 0 Å². The van der Waals surface area contributed by atoms with Crippen LogP contribution in [0.15, 0.2) is 24.3 Å². The number of aromatic nitrogens is 1. The van der Waals surface area contributed by atoms with Crippen LogP contribution in [0, 0.1) is 6.92 Å². The van der Waals surface area contributed by atoms with Gasteiger partial charge in [0.15, 0.2) is 0 Å². The second-order valence-electron chi connectivity index (χ2n) is 4.09. The van der Waals surface area contributed by atoms with E-state index in [4.69, 9.17) is 9.84 Å². The van der Waals surface area contributed by atoms with E-state index >= 15 is 0 Å². The first-order valence-corrected chi connectivity index (χ1v) is 6.70. The van der Waals surface area contributed by atoms with Crippen LogP contribution >= 0.6 is 11.5 Å². The number of hydrogen-bond donors (Lipinski definition) is 3. The highest BCUT2D eigenvalue weighted by atomic mass is 32.1. The van der Waals surface area contributed by atoms with Gasteiger partial charge in [0, 0.05) is 11.8 Å². The Morgan fingerprint density at radius 1 is 1.33 bits per heavy atom. The molecular formula is C13H13N3O4S. The number of amides is 2. The first-order chi connectivity index (χ1) is 10.0. The third kappa shape index (κ3) is 3.48. The summed E-state index contributed by atoms with van der Waals surface area (Å²) in [4.78, 5) is 23.0. The average Bonchev–Trinajstić information content (AvgIpc) is 2.79. The van der Waals surface area contributed by atoms with Crippen LogP contribution in [0.4, 0.5) is 15.5 Å². The second-order valence-corrected chi connectivity index (χ2v) is 4.86. The standard InChI is InChI=1S/C13H13N3O4S/c1-7-10(12(17)18)11(21-16-7)15-13(19)14-8-4-3-5-9(6-8)20-2/h3-6H,1-2H3,(H,17,18)(H2,14,15,19). The van der Waals surface area contributed by atoms with Gasteiger partial charge in [0.1, 0.15) is 16.3 Å². The fraction of sp³-hybridized carbons (Fsp3) is 0.154. The van der Waals surface area contributed by atoms with Gasteiger partial charge >= 0.3 is 12.0 Å². The van der Waals surface area contributed by atoms with Gasteiger partial charge in [-0.15, -0.1) is 0 Å². The number of nitrogens with zero attached hydrogens (tertiary/aromatic N) is 1. The Labute approximate surface area is 124 Å². The molecule has 0 atom stereocenters. The van der Waals surface area contributed by atoms with Gasteiger partial charge in [0.05, 0.1) is 12.8 Å².